The molecule has 0 unspecified atom stereocenters. The van der Waals surface area contributed by atoms with Crippen LogP contribution in [-0.2, 0) is 6.42 Å². The molecule has 2 aromatic carbocycles. The Morgan fingerprint density at radius 2 is 1.95 bits per heavy atom. The molecule has 19 heavy (non-hydrogen) atoms. The van der Waals surface area contributed by atoms with Gasteiger partial charge in [-0.3, -0.25) is 0 Å². The number of aryl methyl sites for hydroxylation is 1. The second kappa shape index (κ2) is 4.43. The van der Waals surface area contributed by atoms with Crippen LogP contribution in [0.15, 0.2) is 46.9 Å². The number of hydrogen-bond donors (Lipinski definition) is 1. The number of fused-ring (bicyclic) bond motifs is 1. The highest BCUT2D eigenvalue weighted by Gasteiger charge is 2.15. The zero-order chi connectivity index (χ0) is 13.4. The van der Waals surface area contributed by atoms with E-state index in [4.69, 9.17) is 10.2 Å². The Morgan fingerprint density at radius 3 is 2.68 bits per heavy atom. The number of para-hydroxylation sites is 1. The average molecular weight is 255 g/mol. The van der Waals surface area contributed by atoms with Crippen molar-refractivity contribution in [3.05, 3.63) is 54.0 Å². The summed E-state index contributed by atoms with van der Waals surface area (Å²) in [6.07, 6.45) is 0.779. The third kappa shape index (κ3) is 1.87. The molecule has 2 N–H and O–H groups in total. The molecule has 0 aliphatic rings. The first-order valence-corrected chi connectivity index (χ1v) is 6.26. The zero-order valence-electron chi connectivity index (χ0n) is 10.6. The molecular weight excluding hydrogens is 241 g/mol. The fraction of sp³-hybridized carbons (Fsp3) is 0.125. The first kappa shape index (κ1) is 11.8. The van der Waals surface area contributed by atoms with Crippen LogP contribution < -0.4 is 5.73 Å². The molecular formula is C16H14FNO. The van der Waals surface area contributed by atoms with Crippen LogP contribution in [0.2, 0.25) is 0 Å². The summed E-state index contributed by atoms with van der Waals surface area (Å²) in [4.78, 5) is 0. The molecule has 0 amide bonds. The summed E-state index contributed by atoms with van der Waals surface area (Å²) in [5, 5.41) is 1.03. The zero-order valence-corrected chi connectivity index (χ0v) is 10.6. The highest BCUT2D eigenvalue weighted by atomic mass is 19.1. The Bertz CT molecular complexity index is 746. The first-order chi connectivity index (χ1) is 9.20. The van der Waals surface area contributed by atoms with Gasteiger partial charge in [0, 0.05) is 17.4 Å². The van der Waals surface area contributed by atoms with Crippen LogP contribution in [-0.4, -0.2) is 0 Å². The van der Waals surface area contributed by atoms with Crippen molar-refractivity contribution in [3.63, 3.8) is 0 Å². The van der Waals surface area contributed by atoms with Crippen LogP contribution in [0.3, 0.4) is 0 Å². The van der Waals surface area contributed by atoms with Gasteiger partial charge in [-0.1, -0.05) is 31.2 Å². The monoisotopic (exact) mass is 255 g/mol. The van der Waals surface area contributed by atoms with Crippen molar-refractivity contribution < 1.29 is 8.81 Å². The normalized spacial score (nSPS) is 11.1. The van der Waals surface area contributed by atoms with Gasteiger partial charge in [0.05, 0.1) is 5.69 Å². The molecule has 3 rings (SSSR count). The first-order valence-electron chi connectivity index (χ1n) is 6.26. The summed E-state index contributed by atoms with van der Waals surface area (Å²) in [6, 6.07) is 12.6. The minimum absolute atomic E-state index is 0.157. The van der Waals surface area contributed by atoms with Crippen LogP contribution >= 0.6 is 0 Å². The lowest BCUT2D eigenvalue weighted by Gasteiger charge is -2.04. The molecule has 0 spiro atoms. The van der Waals surface area contributed by atoms with Crippen molar-refractivity contribution in [2.24, 2.45) is 0 Å². The van der Waals surface area contributed by atoms with Crippen molar-refractivity contribution in [1.82, 2.24) is 0 Å². The largest absolute Gasteiger partial charge is 0.460 e. The molecule has 2 nitrogen and oxygen atoms in total. The van der Waals surface area contributed by atoms with E-state index in [1.807, 2.05) is 31.2 Å². The minimum Gasteiger partial charge on any atom is -0.460 e. The fourth-order valence-electron chi connectivity index (χ4n) is 2.36. The maximum absolute atomic E-state index is 13.3. The van der Waals surface area contributed by atoms with E-state index in [0.29, 0.717) is 0 Å². The number of anilines is 1. The number of nitrogen functional groups attached to an aromatic ring is 1. The summed E-state index contributed by atoms with van der Waals surface area (Å²) in [7, 11) is 0. The van der Waals surface area contributed by atoms with E-state index in [1.165, 1.54) is 6.07 Å². The lowest BCUT2D eigenvalue weighted by atomic mass is 10.0. The molecule has 0 saturated carbocycles. The summed E-state index contributed by atoms with van der Waals surface area (Å²) in [6.45, 7) is 2.04. The van der Waals surface area contributed by atoms with E-state index in [1.54, 1.807) is 12.1 Å². The predicted octanol–water partition coefficient (Wildman–Crippen LogP) is 4.38. The molecule has 0 atom stereocenters. The van der Waals surface area contributed by atoms with Gasteiger partial charge in [0.25, 0.3) is 0 Å². The molecule has 0 aliphatic heterocycles. The smallest absolute Gasteiger partial charge is 0.146 e. The van der Waals surface area contributed by atoms with E-state index in [2.05, 4.69) is 0 Å². The van der Waals surface area contributed by atoms with Gasteiger partial charge in [-0.25, -0.2) is 4.39 Å². The Balaban J connectivity index is 2.31. The second-order valence-electron chi connectivity index (χ2n) is 4.49. The molecule has 3 aromatic rings. The summed E-state index contributed by atoms with van der Waals surface area (Å²) < 4.78 is 19.1. The van der Waals surface area contributed by atoms with Gasteiger partial charge >= 0.3 is 0 Å². The van der Waals surface area contributed by atoms with E-state index >= 15 is 0 Å². The topological polar surface area (TPSA) is 39.2 Å². The summed E-state index contributed by atoms with van der Waals surface area (Å²) >= 11 is 0. The Morgan fingerprint density at radius 1 is 1.16 bits per heavy atom. The van der Waals surface area contributed by atoms with E-state index < -0.39 is 5.82 Å². The molecule has 3 heteroatoms. The van der Waals surface area contributed by atoms with Crippen LogP contribution in [0, 0.1) is 5.82 Å². The molecule has 0 fully saturated rings. The summed E-state index contributed by atoms with van der Waals surface area (Å²) in [5.74, 6) is 0.502. The van der Waals surface area contributed by atoms with Gasteiger partial charge in [-0.15, -0.1) is 0 Å². The van der Waals surface area contributed by atoms with E-state index in [0.717, 1.165) is 34.3 Å². The molecule has 96 valence electrons. The maximum atomic E-state index is 13.3. The second-order valence-corrected chi connectivity index (χ2v) is 4.49. The van der Waals surface area contributed by atoms with E-state index in [9.17, 15) is 4.39 Å². The van der Waals surface area contributed by atoms with Gasteiger partial charge in [-0.05, 0) is 23.8 Å². The van der Waals surface area contributed by atoms with Crippen LogP contribution in [0.1, 0.15) is 12.7 Å². The average Bonchev–Trinajstić information content (AvgIpc) is 2.80. The lowest BCUT2D eigenvalue weighted by molar-refractivity contribution is 0.558. The van der Waals surface area contributed by atoms with Crippen LogP contribution in [0.5, 0.6) is 0 Å². The van der Waals surface area contributed by atoms with Gasteiger partial charge < -0.3 is 10.2 Å². The van der Waals surface area contributed by atoms with Crippen LogP contribution in [0.25, 0.3) is 22.1 Å². The lowest BCUT2D eigenvalue weighted by Crippen LogP contribution is -1.91. The van der Waals surface area contributed by atoms with Gasteiger partial charge in [0.2, 0.25) is 0 Å². The standard InChI is InChI=1S/C16H14FNO/c1-2-14-16(10-7-8-12(17)13(18)9-10)11-5-3-4-6-15(11)19-14/h3-9H,2,18H2,1H3. The number of furan rings is 1. The van der Waals surface area contributed by atoms with Gasteiger partial charge in [0.1, 0.15) is 17.2 Å². The highest BCUT2D eigenvalue weighted by Crippen LogP contribution is 2.36. The number of hydrogen-bond acceptors (Lipinski definition) is 2. The van der Waals surface area contributed by atoms with Crippen molar-refractivity contribution in [1.29, 1.82) is 0 Å². The van der Waals surface area contributed by atoms with Crippen molar-refractivity contribution >= 4 is 16.7 Å². The van der Waals surface area contributed by atoms with Gasteiger partial charge in [-0.2, -0.15) is 0 Å². The number of nitrogens with two attached hydrogens (primary N) is 1. The van der Waals surface area contributed by atoms with Crippen molar-refractivity contribution in [2.75, 3.05) is 5.73 Å². The Hall–Kier alpha value is -2.29. The SMILES string of the molecule is CCc1oc2ccccc2c1-c1ccc(F)c(N)c1. The van der Waals surface area contributed by atoms with E-state index in [-0.39, 0.29) is 5.69 Å². The maximum Gasteiger partial charge on any atom is 0.146 e. The number of benzene rings is 2. The minimum atomic E-state index is -0.394. The van der Waals surface area contributed by atoms with Crippen molar-refractivity contribution in [2.45, 2.75) is 13.3 Å². The molecule has 0 radical (unpaired) electrons. The van der Waals surface area contributed by atoms with Crippen molar-refractivity contribution in [3.8, 4) is 11.1 Å². The molecule has 1 heterocycles. The highest BCUT2D eigenvalue weighted by molar-refractivity contribution is 5.96. The Kier molecular flexibility index (Phi) is 2.75. The molecule has 0 aliphatic carbocycles. The third-order valence-corrected chi connectivity index (χ3v) is 3.27. The third-order valence-electron chi connectivity index (χ3n) is 3.27. The van der Waals surface area contributed by atoms with Crippen LogP contribution in [0.4, 0.5) is 10.1 Å². The molecule has 0 saturated heterocycles. The van der Waals surface area contributed by atoms with Gasteiger partial charge in [0.15, 0.2) is 0 Å². The number of rotatable bonds is 2. The molecule has 1 aromatic heterocycles. The summed E-state index contributed by atoms with van der Waals surface area (Å²) in [5.41, 5.74) is 8.55. The number of halogens is 1. The Labute approximate surface area is 110 Å². The molecule has 0 bridgehead atoms. The quantitative estimate of drug-likeness (QED) is 0.690. The fourth-order valence-corrected chi connectivity index (χ4v) is 2.36. The predicted molar refractivity (Wildman–Crippen MR) is 75.4 cm³/mol.